The molecule has 0 aliphatic heterocycles. The molecule has 0 amide bonds. The Labute approximate surface area is 120 Å². The molecule has 0 fully saturated rings. The van der Waals surface area contributed by atoms with E-state index in [9.17, 15) is 0 Å². The number of methoxy groups -OCH3 is 2. The molecule has 3 rings (SSSR count). The number of nitrogens with zero attached hydrogens (tertiary/aromatic N) is 1. The Morgan fingerprint density at radius 3 is 2.65 bits per heavy atom. The van der Waals surface area contributed by atoms with Gasteiger partial charge in [-0.1, -0.05) is 11.6 Å². The molecular weight excluding hydrogens is 278 g/mol. The average molecular weight is 290 g/mol. The van der Waals surface area contributed by atoms with Gasteiger partial charge < -0.3 is 13.9 Å². The highest BCUT2D eigenvalue weighted by atomic mass is 35.5. The highest BCUT2D eigenvalue weighted by Gasteiger charge is 2.14. The predicted octanol–water partition coefficient (Wildman–Crippen LogP) is 4.17. The summed E-state index contributed by atoms with van der Waals surface area (Å²) in [7, 11) is 3.21. The average Bonchev–Trinajstić information content (AvgIpc) is 2.89. The van der Waals surface area contributed by atoms with Crippen LogP contribution in [0.15, 0.2) is 40.8 Å². The highest BCUT2D eigenvalue weighted by molar-refractivity contribution is 6.31. The van der Waals surface area contributed by atoms with Crippen molar-refractivity contribution in [3.8, 4) is 23.0 Å². The van der Waals surface area contributed by atoms with Crippen LogP contribution in [-0.4, -0.2) is 19.2 Å². The molecule has 0 aliphatic carbocycles. The summed E-state index contributed by atoms with van der Waals surface area (Å²) in [4.78, 5) is 4.44. The molecule has 0 aliphatic rings. The SMILES string of the molecule is COc1ccc(OC)c(-c2nc3cc(Cl)ccc3o2)c1. The molecule has 0 N–H and O–H groups in total. The number of ether oxygens (including phenoxy) is 2. The summed E-state index contributed by atoms with van der Waals surface area (Å²) in [5.41, 5.74) is 2.12. The first kappa shape index (κ1) is 12.8. The Balaban J connectivity index is 2.18. The molecule has 5 heteroatoms. The van der Waals surface area contributed by atoms with Gasteiger partial charge in [0.1, 0.15) is 17.0 Å². The van der Waals surface area contributed by atoms with Gasteiger partial charge in [-0.3, -0.25) is 0 Å². The monoisotopic (exact) mass is 289 g/mol. The Bertz CT molecular complexity index is 767. The molecule has 2 aromatic carbocycles. The molecular formula is C15H12ClNO3. The van der Waals surface area contributed by atoms with Gasteiger partial charge in [0, 0.05) is 5.02 Å². The maximum absolute atomic E-state index is 5.95. The van der Waals surface area contributed by atoms with E-state index in [-0.39, 0.29) is 0 Å². The van der Waals surface area contributed by atoms with Crippen molar-refractivity contribution in [1.29, 1.82) is 0 Å². The maximum atomic E-state index is 5.95. The molecule has 3 aromatic rings. The van der Waals surface area contributed by atoms with Crippen LogP contribution in [0.2, 0.25) is 5.02 Å². The molecule has 0 unspecified atom stereocenters. The van der Waals surface area contributed by atoms with Crippen LogP contribution in [0.4, 0.5) is 0 Å². The lowest BCUT2D eigenvalue weighted by Gasteiger charge is -2.07. The number of benzene rings is 2. The van der Waals surface area contributed by atoms with E-state index < -0.39 is 0 Å². The summed E-state index contributed by atoms with van der Waals surface area (Å²) in [6, 6.07) is 10.8. The van der Waals surface area contributed by atoms with Crippen molar-refractivity contribution in [2.75, 3.05) is 14.2 Å². The van der Waals surface area contributed by atoms with Crippen molar-refractivity contribution in [2.24, 2.45) is 0 Å². The standard InChI is InChI=1S/C15H12ClNO3/c1-18-10-4-6-13(19-2)11(8-10)15-17-12-7-9(16)3-5-14(12)20-15/h3-8H,1-2H3. The molecule has 0 saturated heterocycles. The Hall–Kier alpha value is -2.20. The van der Waals surface area contributed by atoms with Crippen molar-refractivity contribution in [3.05, 3.63) is 41.4 Å². The van der Waals surface area contributed by atoms with Crippen LogP contribution < -0.4 is 9.47 Å². The third kappa shape index (κ3) is 2.18. The van der Waals surface area contributed by atoms with Crippen LogP contribution in [0.5, 0.6) is 11.5 Å². The van der Waals surface area contributed by atoms with Gasteiger partial charge in [-0.05, 0) is 36.4 Å². The molecule has 0 saturated carbocycles. The van der Waals surface area contributed by atoms with E-state index in [4.69, 9.17) is 25.5 Å². The van der Waals surface area contributed by atoms with Crippen molar-refractivity contribution < 1.29 is 13.9 Å². The first-order valence-electron chi connectivity index (χ1n) is 6.00. The topological polar surface area (TPSA) is 44.5 Å². The summed E-state index contributed by atoms with van der Waals surface area (Å²) in [5, 5.41) is 0.620. The summed E-state index contributed by atoms with van der Waals surface area (Å²) in [6.45, 7) is 0. The van der Waals surface area contributed by atoms with Crippen molar-refractivity contribution in [1.82, 2.24) is 4.98 Å². The summed E-state index contributed by atoms with van der Waals surface area (Å²) >= 11 is 5.95. The molecule has 1 heterocycles. The zero-order valence-corrected chi connectivity index (χ0v) is 11.8. The Kier molecular flexibility index (Phi) is 3.24. The number of rotatable bonds is 3. The van der Waals surface area contributed by atoms with E-state index in [1.54, 1.807) is 32.4 Å². The van der Waals surface area contributed by atoms with Gasteiger partial charge in [-0.15, -0.1) is 0 Å². The minimum Gasteiger partial charge on any atom is -0.497 e. The second-order valence-corrected chi connectivity index (χ2v) is 4.63. The van der Waals surface area contributed by atoms with Crippen LogP contribution in [-0.2, 0) is 0 Å². The second kappa shape index (κ2) is 5.06. The lowest BCUT2D eigenvalue weighted by atomic mass is 10.2. The van der Waals surface area contributed by atoms with Gasteiger partial charge in [-0.25, -0.2) is 4.98 Å². The first-order valence-corrected chi connectivity index (χ1v) is 6.37. The Morgan fingerprint density at radius 1 is 1.05 bits per heavy atom. The van der Waals surface area contributed by atoms with E-state index in [1.165, 1.54) is 0 Å². The summed E-state index contributed by atoms with van der Waals surface area (Å²) in [5.74, 6) is 1.85. The fourth-order valence-corrected chi connectivity index (χ4v) is 2.16. The maximum Gasteiger partial charge on any atom is 0.231 e. The Morgan fingerprint density at radius 2 is 1.90 bits per heavy atom. The van der Waals surface area contributed by atoms with E-state index in [0.717, 1.165) is 5.56 Å². The van der Waals surface area contributed by atoms with Crippen molar-refractivity contribution in [3.63, 3.8) is 0 Å². The number of hydrogen-bond donors (Lipinski definition) is 0. The molecule has 0 radical (unpaired) electrons. The molecule has 0 spiro atoms. The van der Waals surface area contributed by atoms with Gasteiger partial charge in [0.05, 0.1) is 19.8 Å². The lowest BCUT2D eigenvalue weighted by molar-refractivity contribution is 0.403. The minimum absolute atomic E-state index is 0.470. The van der Waals surface area contributed by atoms with Crippen LogP contribution >= 0.6 is 11.6 Å². The number of hydrogen-bond acceptors (Lipinski definition) is 4. The van der Waals surface area contributed by atoms with Gasteiger partial charge in [0.2, 0.25) is 5.89 Å². The fraction of sp³-hybridized carbons (Fsp3) is 0.133. The van der Waals surface area contributed by atoms with Crippen LogP contribution in [0, 0.1) is 0 Å². The number of aromatic nitrogens is 1. The van der Waals surface area contributed by atoms with Gasteiger partial charge in [-0.2, -0.15) is 0 Å². The molecule has 20 heavy (non-hydrogen) atoms. The third-order valence-corrected chi connectivity index (χ3v) is 3.22. The summed E-state index contributed by atoms with van der Waals surface area (Å²) in [6.07, 6.45) is 0. The first-order chi connectivity index (χ1) is 9.71. The van der Waals surface area contributed by atoms with E-state index in [0.29, 0.717) is 33.5 Å². The van der Waals surface area contributed by atoms with Crippen molar-refractivity contribution >= 4 is 22.7 Å². The smallest absolute Gasteiger partial charge is 0.231 e. The zero-order valence-electron chi connectivity index (χ0n) is 11.0. The van der Waals surface area contributed by atoms with Gasteiger partial charge >= 0.3 is 0 Å². The number of halogens is 1. The molecule has 1 aromatic heterocycles. The highest BCUT2D eigenvalue weighted by Crippen LogP contribution is 2.34. The second-order valence-electron chi connectivity index (χ2n) is 4.20. The molecule has 4 nitrogen and oxygen atoms in total. The summed E-state index contributed by atoms with van der Waals surface area (Å²) < 4.78 is 16.3. The minimum atomic E-state index is 0.470. The number of fused-ring (bicyclic) bond motifs is 1. The van der Waals surface area contributed by atoms with Crippen LogP contribution in [0.3, 0.4) is 0 Å². The quantitative estimate of drug-likeness (QED) is 0.726. The fourth-order valence-electron chi connectivity index (χ4n) is 2.00. The molecule has 0 bridgehead atoms. The lowest BCUT2D eigenvalue weighted by Crippen LogP contribution is -1.90. The van der Waals surface area contributed by atoms with Gasteiger partial charge in [0.25, 0.3) is 0 Å². The third-order valence-electron chi connectivity index (χ3n) is 2.99. The van der Waals surface area contributed by atoms with Crippen LogP contribution in [0.1, 0.15) is 0 Å². The zero-order chi connectivity index (χ0) is 14.1. The molecule has 0 atom stereocenters. The van der Waals surface area contributed by atoms with Crippen molar-refractivity contribution in [2.45, 2.75) is 0 Å². The predicted molar refractivity (Wildman–Crippen MR) is 77.6 cm³/mol. The van der Waals surface area contributed by atoms with E-state index >= 15 is 0 Å². The van der Waals surface area contributed by atoms with E-state index in [2.05, 4.69) is 4.98 Å². The van der Waals surface area contributed by atoms with Gasteiger partial charge in [0.15, 0.2) is 5.58 Å². The van der Waals surface area contributed by atoms with E-state index in [1.807, 2.05) is 18.2 Å². The largest absolute Gasteiger partial charge is 0.497 e. The van der Waals surface area contributed by atoms with Crippen LogP contribution in [0.25, 0.3) is 22.6 Å². The number of oxazole rings is 1. The normalized spacial score (nSPS) is 10.8. The molecule has 102 valence electrons.